The Morgan fingerprint density at radius 1 is 1.08 bits per heavy atom. The van der Waals surface area contributed by atoms with Crippen LogP contribution in [0.1, 0.15) is 31.1 Å². The molecule has 0 aliphatic carbocycles. The van der Waals surface area contributed by atoms with E-state index < -0.39 is 26.1 Å². The minimum absolute atomic E-state index is 0.0433. The third kappa shape index (κ3) is 4.57. The summed E-state index contributed by atoms with van der Waals surface area (Å²) in [7, 11) is -3.33. The van der Waals surface area contributed by atoms with Crippen LogP contribution in [0.25, 0.3) is 11.3 Å². The first-order valence-corrected chi connectivity index (χ1v) is 9.56. The van der Waals surface area contributed by atoms with E-state index in [1.165, 1.54) is 6.07 Å². The summed E-state index contributed by atoms with van der Waals surface area (Å²) in [4.78, 5) is 26.9. The van der Waals surface area contributed by atoms with Crippen molar-refractivity contribution in [1.82, 2.24) is 10.3 Å². The zero-order chi connectivity index (χ0) is 18.7. The third-order valence-electron chi connectivity index (χ3n) is 3.83. The van der Waals surface area contributed by atoms with Gasteiger partial charge in [0.05, 0.1) is 10.5 Å². The van der Waals surface area contributed by atoms with E-state index >= 15 is 0 Å². The molecule has 25 heavy (non-hydrogen) atoms. The second-order valence-corrected chi connectivity index (χ2v) is 9.53. The van der Waals surface area contributed by atoms with Crippen LogP contribution in [0.2, 0.25) is 0 Å². The Balaban J connectivity index is 2.07. The van der Waals surface area contributed by atoms with Gasteiger partial charge in [-0.2, -0.15) is 0 Å². The highest BCUT2D eigenvalue weighted by molar-refractivity contribution is 7.92. The molecule has 0 aliphatic heterocycles. The molecule has 1 aromatic carbocycles. The van der Waals surface area contributed by atoms with Crippen molar-refractivity contribution in [2.24, 2.45) is 0 Å². The first-order chi connectivity index (χ1) is 11.6. The Labute approximate surface area is 147 Å². The number of aromatic nitrogens is 1. The van der Waals surface area contributed by atoms with Crippen LogP contribution in [0.5, 0.6) is 0 Å². The standard InChI is InChI=1S/C18H22N2O4S/c1-18(2,3)25(23,24)12-11-19-16(21)14-9-10-15(20-17(14)22)13-7-5-4-6-8-13/h4-10H,11-12H2,1-3H3,(H,19,21)(H,20,22). The van der Waals surface area contributed by atoms with Crippen LogP contribution in [0.3, 0.4) is 0 Å². The van der Waals surface area contributed by atoms with E-state index in [4.69, 9.17) is 0 Å². The van der Waals surface area contributed by atoms with Gasteiger partial charge in [0.25, 0.3) is 11.5 Å². The van der Waals surface area contributed by atoms with Gasteiger partial charge >= 0.3 is 0 Å². The number of amides is 1. The molecule has 7 heteroatoms. The number of hydrogen-bond donors (Lipinski definition) is 2. The van der Waals surface area contributed by atoms with E-state index in [1.54, 1.807) is 26.8 Å². The number of carbonyl (C=O) groups is 1. The van der Waals surface area contributed by atoms with E-state index in [0.717, 1.165) is 5.56 Å². The molecule has 6 nitrogen and oxygen atoms in total. The highest BCUT2D eigenvalue weighted by Gasteiger charge is 2.28. The molecule has 134 valence electrons. The van der Waals surface area contributed by atoms with Gasteiger partial charge in [-0.3, -0.25) is 9.59 Å². The minimum atomic E-state index is -3.33. The number of benzene rings is 1. The van der Waals surface area contributed by atoms with Crippen LogP contribution >= 0.6 is 0 Å². The quantitative estimate of drug-likeness (QED) is 0.850. The molecule has 1 heterocycles. The molecule has 0 bridgehead atoms. The lowest BCUT2D eigenvalue weighted by Crippen LogP contribution is -2.37. The van der Waals surface area contributed by atoms with Crippen molar-refractivity contribution in [3.05, 3.63) is 58.4 Å². The van der Waals surface area contributed by atoms with Crippen molar-refractivity contribution in [2.45, 2.75) is 25.5 Å². The van der Waals surface area contributed by atoms with Crippen LogP contribution in [-0.2, 0) is 9.84 Å². The normalized spacial score (nSPS) is 12.0. The predicted molar refractivity (Wildman–Crippen MR) is 98.4 cm³/mol. The summed E-state index contributed by atoms with van der Waals surface area (Å²) in [5.74, 6) is -0.771. The molecule has 0 unspecified atom stereocenters. The summed E-state index contributed by atoms with van der Waals surface area (Å²) < 4.78 is 23.2. The second kappa shape index (κ2) is 7.23. The first-order valence-electron chi connectivity index (χ1n) is 7.91. The maximum absolute atomic E-state index is 12.1. The van der Waals surface area contributed by atoms with Crippen molar-refractivity contribution < 1.29 is 13.2 Å². The lowest BCUT2D eigenvalue weighted by molar-refractivity contribution is 0.0954. The minimum Gasteiger partial charge on any atom is -0.351 e. The molecule has 0 fully saturated rings. The number of sulfone groups is 1. The van der Waals surface area contributed by atoms with Crippen molar-refractivity contribution in [2.75, 3.05) is 12.3 Å². The zero-order valence-corrected chi connectivity index (χ0v) is 15.3. The summed E-state index contributed by atoms with van der Waals surface area (Å²) in [6.07, 6.45) is 0. The molecule has 2 aromatic rings. The lowest BCUT2D eigenvalue weighted by atomic mass is 10.1. The van der Waals surface area contributed by atoms with Crippen molar-refractivity contribution in [1.29, 1.82) is 0 Å². The highest BCUT2D eigenvalue weighted by atomic mass is 32.2. The van der Waals surface area contributed by atoms with Gasteiger partial charge in [-0.15, -0.1) is 0 Å². The monoisotopic (exact) mass is 362 g/mol. The van der Waals surface area contributed by atoms with Crippen LogP contribution in [0.4, 0.5) is 0 Å². The largest absolute Gasteiger partial charge is 0.351 e. The average molecular weight is 362 g/mol. The molecule has 0 atom stereocenters. The fourth-order valence-electron chi connectivity index (χ4n) is 2.14. The Morgan fingerprint density at radius 3 is 2.28 bits per heavy atom. The Hall–Kier alpha value is -2.41. The van der Waals surface area contributed by atoms with E-state index in [1.807, 2.05) is 30.3 Å². The predicted octanol–water partition coefficient (Wildman–Crippen LogP) is 1.98. The van der Waals surface area contributed by atoms with E-state index in [9.17, 15) is 18.0 Å². The Morgan fingerprint density at radius 2 is 1.72 bits per heavy atom. The second-order valence-electron chi connectivity index (χ2n) is 6.67. The zero-order valence-electron chi connectivity index (χ0n) is 14.5. The van der Waals surface area contributed by atoms with Gasteiger partial charge in [0.1, 0.15) is 5.56 Å². The molecule has 1 amide bonds. The van der Waals surface area contributed by atoms with Crippen LogP contribution in [0, 0.1) is 0 Å². The van der Waals surface area contributed by atoms with Gasteiger partial charge in [-0.05, 0) is 38.5 Å². The van der Waals surface area contributed by atoms with Gasteiger partial charge in [-0.25, -0.2) is 8.42 Å². The molecule has 1 aromatic heterocycles. The maximum Gasteiger partial charge on any atom is 0.261 e. The highest BCUT2D eigenvalue weighted by Crippen LogP contribution is 2.16. The smallest absolute Gasteiger partial charge is 0.261 e. The van der Waals surface area contributed by atoms with Gasteiger partial charge in [0.15, 0.2) is 9.84 Å². The Kier molecular flexibility index (Phi) is 5.47. The molecular formula is C18H22N2O4S. The van der Waals surface area contributed by atoms with Gasteiger partial charge in [0, 0.05) is 12.2 Å². The van der Waals surface area contributed by atoms with Crippen LogP contribution in [-0.4, -0.2) is 36.4 Å². The number of pyridine rings is 1. The number of hydrogen-bond acceptors (Lipinski definition) is 4. The fourth-order valence-corrected chi connectivity index (χ4v) is 3.12. The number of nitrogens with one attached hydrogen (secondary N) is 2. The van der Waals surface area contributed by atoms with Gasteiger partial charge < -0.3 is 10.3 Å². The number of aromatic amines is 1. The van der Waals surface area contributed by atoms with E-state index in [2.05, 4.69) is 10.3 Å². The summed E-state index contributed by atoms with van der Waals surface area (Å²) in [6, 6.07) is 12.4. The number of H-pyrrole nitrogens is 1. The topological polar surface area (TPSA) is 96.1 Å². The molecule has 0 aliphatic rings. The van der Waals surface area contributed by atoms with E-state index in [0.29, 0.717) is 5.69 Å². The summed E-state index contributed by atoms with van der Waals surface area (Å²) in [5.41, 5.74) is 0.880. The summed E-state index contributed by atoms with van der Waals surface area (Å²) >= 11 is 0. The molecule has 2 N–H and O–H groups in total. The molecule has 0 saturated heterocycles. The first kappa shape index (κ1) is 18.9. The average Bonchev–Trinajstić information content (AvgIpc) is 2.54. The van der Waals surface area contributed by atoms with Crippen molar-refractivity contribution >= 4 is 15.7 Å². The number of carbonyl (C=O) groups excluding carboxylic acids is 1. The van der Waals surface area contributed by atoms with Gasteiger partial charge in [-0.1, -0.05) is 30.3 Å². The molecule has 2 rings (SSSR count). The lowest BCUT2D eigenvalue weighted by Gasteiger charge is -2.19. The van der Waals surface area contributed by atoms with Crippen molar-refractivity contribution in [3.8, 4) is 11.3 Å². The number of rotatable bonds is 5. The Bertz CT molecular complexity index is 910. The molecule has 0 saturated carbocycles. The van der Waals surface area contributed by atoms with Crippen LogP contribution < -0.4 is 10.9 Å². The summed E-state index contributed by atoms with van der Waals surface area (Å²) in [6.45, 7) is 4.78. The molecule has 0 spiro atoms. The molecule has 0 radical (unpaired) electrons. The van der Waals surface area contributed by atoms with E-state index in [-0.39, 0.29) is 17.9 Å². The summed E-state index contributed by atoms with van der Waals surface area (Å²) in [5, 5.41) is 2.49. The third-order valence-corrected chi connectivity index (χ3v) is 6.44. The van der Waals surface area contributed by atoms with Crippen molar-refractivity contribution in [3.63, 3.8) is 0 Å². The van der Waals surface area contributed by atoms with Gasteiger partial charge in [0.2, 0.25) is 0 Å². The fraction of sp³-hybridized carbons (Fsp3) is 0.333. The van der Waals surface area contributed by atoms with Crippen LogP contribution in [0.15, 0.2) is 47.3 Å². The SMILES string of the molecule is CC(C)(C)S(=O)(=O)CCNC(=O)c1ccc(-c2ccccc2)[nH]c1=O. The maximum atomic E-state index is 12.1. The molecular weight excluding hydrogens is 340 g/mol.